The molecule has 0 aliphatic heterocycles. The fourth-order valence-electron chi connectivity index (χ4n) is 1.56. The quantitative estimate of drug-likeness (QED) is 0.706. The molecule has 1 amide bonds. The number of amides is 1. The van der Waals surface area contributed by atoms with E-state index in [0.29, 0.717) is 0 Å². The lowest BCUT2D eigenvalue weighted by Gasteiger charge is -2.28. The standard InChI is InChI=1S/C13H20N2O3/c1-13(2,15-12(17)11(14)8-16)9-4-6-10(18-3)7-5-9/h4-7,11,16H,8,14H2,1-3H3,(H,15,17). The van der Waals surface area contributed by atoms with Gasteiger partial charge in [-0.2, -0.15) is 0 Å². The molecule has 0 fully saturated rings. The lowest BCUT2D eigenvalue weighted by atomic mass is 9.94. The Morgan fingerprint density at radius 1 is 1.44 bits per heavy atom. The molecule has 5 heteroatoms. The van der Waals surface area contributed by atoms with Crippen molar-refractivity contribution in [3.63, 3.8) is 0 Å². The molecule has 0 saturated carbocycles. The first-order chi connectivity index (χ1) is 8.40. The predicted octanol–water partition coefficient (Wildman–Crippen LogP) is 0.366. The van der Waals surface area contributed by atoms with E-state index in [9.17, 15) is 4.79 Å². The van der Waals surface area contributed by atoms with E-state index >= 15 is 0 Å². The second kappa shape index (κ2) is 5.84. The number of benzene rings is 1. The monoisotopic (exact) mass is 252 g/mol. The van der Waals surface area contributed by atoms with Crippen LogP contribution in [0.5, 0.6) is 5.75 Å². The van der Waals surface area contributed by atoms with Gasteiger partial charge in [0, 0.05) is 0 Å². The van der Waals surface area contributed by atoms with Crippen LogP contribution in [-0.2, 0) is 10.3 Å². The van der Waals surface area contributed by atoms with Gasteiger partial charge >= 0.3 is 0 Å². The summed E-state index contributed by atoms with van der Waals surface area (Å²) in [6.45, 7) is 3.37. The van der Waals surface area contributed by atoms with Crippen LogP contribution in [0.1, 0.15) is 19.4 Å². The average molecular weight is 252 g/mol. The molecule has 18 heavy (non-hydrogen) atoms. The van der Waals surface area contributed by atoms with E-state index < -0.39 is 11.6 Å². The van der Waals surface area contributed by atoms with Crippen LogP contribution in [0.2, 0.25) is 0 Å². The van der Waals surface area contributed by atoms with E-state index in [1.165, 1.54) is 0 Å². The average Bonchev–Trinajstić information content (AvgIpc) is 2.37. The number of aliphatic hydroxyl groups excluding tert-OH is 1. The SMILES string of the molecule is COc1ccc(C(C)(C)NC(=O)C(N)CO)cc1. The first-order valence-electron chi connectivity index (χ1n) is 5.73. The Kier molecular flexibility index (Phi) is 4.69. The van der Waals surface area contributed by atoms with E-state index in [4.69, 9.17) is 15.6 Å². The van der Waals surface area contributed by atoms with Crippen molar-refractivity contribution in [2.75, 3.05) is 13.7 Å². The molecule has 0 saturated heterocycles. The molecule has 100 valence electrons. The highest BCUT2D eigenvalue weighted by Crippen LogP contribution is 2.22. The van der Waals surface area contributed by atoms with Crippen LogP contribution in [0.4, 0.5) is 0 Å². The molecule has 0 radical (unpaired) electrons. The maximum Gasteiger partial charge on any atom is 0.239 e. The fraction of sp³-hybridized carbons (Fsp3) is 0.462. The summed E-state index contributed by atoms with van der Waals surface area (Å²) in [4.78, 5) is 11.7. The Hall–Kier alpha value is -1.59. The smallest absolute Gasteiger partial charge is 0.239 e. The molecule has 4 N–H and O–H groups in total. The van der Waals surface area contributed by atoms with Crippen LogP contribution >= 0.6 is 0 Å². The number of nitrogens with one attached hydrogen (secondary N) is 1. The summed E-state index contributed by atoms with van der Waals surface area (Å²) in [6.07, 6.45) is 0. The summed E-state index contributed by atoms with van der Waals surface area (Å²) >= 11 is 0. The Balaban J connectivity index is 2.81. The summed E-state index contributed by atoms with van der Waals surface area (Å²) in [5, 5.41) is 11.6. The number of carbonyl (C=O) groups is 1. The van der Waals surface area contributed by atoms with Crippen LogP contribution in [0, 0.1) is 0 Å². The molecule has 0 aliphatic rings. The van der Waals surface area contributed by atoms with Crippen LogP contribution in [0.3, 0.4) is 0 Å². The van der Waals surface area contributed by atoms with E-state index in [1.54, 1.807) is 7.11 Å². The molecular weight excluding hydrogens is 232 g/mol. The third kappa shape index (κ3) is 3.45. The van der Waals surface area contributed by atoms with E-state index in [2.05, 4.69) is 5.32 Å². The second-order valence-corrected chi connectivity index (χ2v) is 4.63. The maximum atomic E-state index is 11.7. The minimum atomic E-state index is -0.900. The van der Waals surface area contributed by atoms with Gasteiger partial charge in [0.1, 0.15) is 11.8 Å². The molecule has 0 spiro atoms. The van der Waals surface area contributed by atoms with Crippen molar-refractivity contribution in [3.05, 3.63) is 29.8 Å². The molecule has 5 nitrogen and oxygen atoms in total. The van der Waals surface area contributed by atoms with Gasteiger partial charge in [0.2, 0.25) is 5.91 Å². The van der Waals surface area contributed by atoms with Gasteiger partial charge in [0.15, 0.2) is 0 Å². The summed E-state index contributed by atoms with van der Waals surface area (Å²) in [5.74, 6) is 0.381. The topological polar surface area (TPSA) is 84.6 Å². The first-order valence-corrected chi connectivity index (χ1v) is 5.73. The maximum absolute atomic E-state index is 11.7. The van der Waals surface area contributed by atoms with Gasteiger partial charge in [-0.05, 0) is 31.5 Å². The molecule has 1 unspecified atom stereocenters. The Bertz CT molecular complexity index is 401. The van der Waals surface area contributed by atoms with Crippen LogP contribution in [0.25, 0.3) is 0 Å². The molecular formula is C13H20N2O3. The number of rotatable bonds is 5. The number of hydrogen-bond donors (Lipinski definition) is 3. The van der Waals surface area contributed by atoms with E-state index in [0.717, 1.165) is 11.3 Å². The summed E-state index contributed by atoms with van der Waals surface area (Å²) in [6, 6.07) is 6.51. The van der Waals surface area contributed by atoms with Crippen molar-refractivity contribution in [1.29, 1.82) is 0 Å². The normalized spacial score (nSPS) is 12.9. The summed E-state index contributed by atoms with van der Waals surface area (Å²) < 4.78 is 5.08. The van der Waals surface area contributed by atoms with Crippen molar-refractivity contribution in [3.8, 4) is 5.75 Å². The lowest BCUT2D eigenvalue weighted by Crippen LogP contribution is -2.50. The Morgan fingerprint density at radius 3 is 2.44 bits per heavy atom. The Morgan fingerprint density at radius 2 is 2.00 bits per heavy atom. The third-order valence-electron chi connectivity index (χ3n) is 2.78. The molecule has 0 aliphatic carbocycles. The van der Waals surface area contributed by atoms with Crippen LogP contribution in [0.15, 0.2) is 24.3 Å². The Labute approximate surface area is 107 Å². The van der Waals surface area contributed by atoms with Crippen molar-refractivity contribution in [2.24, 2.45) is 5.73 Å². The van der Waals surface area contributed by atoms with Gasteiger partial charge in [-0.15, -0.1) is 0 Å². The number of nitrogens with two attached hydrogens (primary N) is 1. The third-order valence-corrected chi connectivity index (χ3v) is 2.78. The van der Waals surface area contributed by atoms with Crippen LogP contribution < -0.4 is 15.8 Å². The van der Waals surface area contributed by atoms with E-state index in [-0.39, 0.29) is 12.5 Å². The zero-order valence-corrected chi connectivity index (χ0v) is 10.9. The summed E-state index contributed by atoms with van der Waals surface area (Å²) in [7, 11) is 1.60. The van der Waals surface area contributed by atoms with Crippen molar-refractivity contribution in [1.82, 2.24) is 5.32 Å². The second-order valence-electron chi connectivity index (χ2n) is 4.63. The number of aliphatic hydroxyl groups is 1. The number of carbonyl (C=O) groups excluding carboxylic acids is 1. The van der Waals surface area contributed by atoms with Gasteiger partial charge in [-0.25, -0.2) is 0 Å². The molecule has 0 aromatic heterocycles. The predicted molar refractivity (Wildman–Crippen MR) is 69.2 cm³/mol. The van der Waals surface area contributed by atoms with Crippen molar-refractivity contribution >= 4 is 5.91 Å². The van der Waals surface area contributed by atoms with Crippen molar-refractivity contribution in [2.45, 2.75) is 25.4 Å². The minimum Gasteiger partial charge on any atom is -0.497 e. The zero-order chi connectivity index (χ0) is 13.8. The minimum absolute atomic E-state index is 0.371. The molecule has 0 bridgehead atoms. The number of methoxy groups -OCH3 is 1. The number of hydrogen-bond acceptors (Lipinski definition) is 4. The molecule has 0 heterocycles. The van der Waals surface area contributed by atoms with Crippen LogP contribution in [-0.4, -0.2) is 30.8 Å². The molecule has 1 atom stereocenters. The van der Waals surface area contributed by atoms with Gasteiger partial charge in [-0.1, -0.05) is 12.1 Å². The molecule has 1 aromatic rings. The van der Waals surface area contributed by atoms with Gasteiger partial charge < -0.3 is 20.9 Å². The highest BCUT2D eigenvalue weighted by Gasteiger charge is 2.25. The molecule has 1 aromatic carbocycles. The zero-order valence-electron chi connectivity index (χ0n) is 10.9. The lowest BCUT2D eigenvalue weighted by molar-refractivity contribution is -0.124. The van der Waals surface area contributed by atoms with Gasteiger partial charge in [0.25, 0.3) is 0 Å². The largest absolute Gasteiger partial charge is 0.497 e. The van der Waals surface area contributed by atoms with Crippen molar-refractivity contribution < 1.29 is 14.6 Å². The first kappa shape index (κ1) is 14.5. The summed E-state index contributed by atoms with van der Waals surface area (Å²) in [5.41, 5.74) is 5.84. The molecule has 1 rings (SSSR count). The highest BCUT2D eigenvalue weighted by molar-refractivity contribution is 5.82. The highest BCUT2D eigenvalue weighted by atomic mass is 16.5. The fourth-order valence-corrected chi connectivity index (χ4v) is 1.56. The van der Waals surface area contributed by atoms with E-state index in [1.807, 2.05) is 38.1 Å². The van der Waals surface area contributed by atoms with Gasteiger partial charge in [-0.3, -0.25) is 4.79 Å². The van der Waals surface area contributed by atoms with Gasteiger partial charge in [0.05, 0.1) is 19.3 Å². The number of ether oxygens (including phenoxy) is 1.